The molecule has 0 aliphatic rings. The van der Waals surface area contributed by atoms with Gasteiger partial charge in [0.2, 0.25) is 0 Å². The number of aromatic amines is 1. The number of fused-ring (bicyclic) bond motifs is 1. The third-order valence-electron chi connectivity index (χ3n) is 4.57. The van der Waals surface area contributed by atoms with Crippen LogP contribution in [0.3, 0.4) is 0 Å². The molecular weight excluding hydrogens is 350 g/mol. The Morgan fingerprint density at radius 1 is 1.04 bits per heavy atom. The minimum atomic E-state index is -0.285. The Bertz CT molecular complexity index is 1090. The fourth-order valence-electron chi connectivity index (χ4n) is 3.04. The first kappa shape index (κ1) is 17.7. The number of aromatic nitrogens is 3. The van der Waals surface area contributed by atoms with Crippen molar-refractivity contribution < 1.29 is 4.79 Å². The smallest absolute Gasteiger partial charge is 0.320 e. The SMILES string of the molecule is Cc1ccc(-c2ccc3c(NC(=O)NCCc4ccccn4)n[nH]c3c2)cc1. The third-order valence-corrected chi connectivity index (χ3v) is 4.57. The first-order chi connectivity index (χ1) is 13.7. The van der Waals surface area contributed by atoms with Gasteiger partial charge in [0.25, 0.3) is 0 Å². The number of carbonyl (C=O) groups is 1. The van der Waals surface area contributed by atoms with Gasteiger partial charge in [-0.15, -0.1) is 0 Å². The Kier molecular flexibility index (Phi) is 5.01. The molecule has 6 nitrogen and oxygen atoms in total. The molecule has 6 heteroatoms. The maximum atomic E-state index is 12.2. The highest BCUT2D eigenvalue weighted by molar-refractivity contribution is 6.00. The summed E-state index contributed by atoms with van der Waals surface area (Å²) in [6.07, 6.45) is 2.42. The van der Waals surface area contributed by atoms with Crippen LogP contribution in [-0.4, -0.2) is 27.8 Å². The van der Waals surface area contributed by atoms with Crippen molar-refractivity contribution in [1.29, 1.82) is 0 Å². The fraction of sp³-hybridized carbons (Fsp3) is 0.136. The van der Waals surface area contributed by atoms with E-state index in [4.69, 9.17) is 0 Å². The number of nitrogens with zero attached hydrogens (tertiary/aromatic N) is 2. The lowest BCUT2D eigenvalue weighted by Gasteiger charge is -2.06. The van der Waals surface area contributed by atoms with Crippen molar-refractivity contribution in [2.24, 2.45) is 0 Å². The van der Waals surface area contributed by atoms with Gasteiger partial charge in [0, 0.05) is 30.2 Å². The van der Waals surface area contributed by atoms with Crippen LogP contribution >= 0.6 is 0 Å². The summed E-state index contributed by atoms with van der Waals surface area (Å²) in [6, 6.07) is 19.9. The van der Waals surface area contributed by atoms with Gasteiger partial charge >= 0.3 is 6.03 Å². The Labute approximate surface area is 163 Å². The van der Waals surface area contributed by atoms with E-state index in [1.54, 1.807) is 6.20 Å². The highest BCUT2D eigenvalue weighted by Crippen LogP contribution is 2.27. The second-order valence-electron chi connectivity index (χ2n) is 6.65. The van der Waals surface area contributed by atoms with E-state index in [0.29, 0.717) is 18.8 Å². The minimum absolute atomic E-state index is 0.285. The highest BCUT2D eigenvalue weighted by Gasteiger charge is 2.10. The van der Waals surface area contributed by atoms with E-state index in [1.165, 1.54) is 5.56 Å². The molecule has 2 aromatic heterocycles. The molecular formula is C22H21N5O. The predicted octanol–water partition coefficient (Wildman–Crippen LogP) is 4.30. The number of urea groups is 1. The molecule has 0 fully saturated rings. The topological polar surface area (TPSA) is 82.7 Å². The maximum Gasteiger partial charge on any atom is 0.320 e. The molecule has 0 unspecified atom stereocenters. The second-order valence-corrected chi connectivity index (χ2v) is 6.65. The van der Waals surface area contributed by atoms with Crippen molar-refractivity contribution in [1.82, 2.24) is 20.5 Å². The van der Waals surface area contributed by atoms with Gasteiger partial charge in [-0.1, -0.05) is 42.0 Å². The van der Waals surface area contributed by atoms with Crippen LogP contribution in [0.2, 0.25) is 0 Å². The standard InChI is InChI=1S/C22H21N5O/c1-15-5-7-16(8-6-15)17-9-10-19-20(14-17)26-27-21(19)25-22(28)24-13-11-18-4-2-3-12-23-18/h2-10,12,14H,11,13H2,1H3,(H3,24,25,26,27,28). The Morgan fingerprint density at radius 3 is 2.64 bits per heavy atom. The van der Waals surface area contributed by atoms with E-state index in [2.05, 4.69) is 57.0 Å². The third kappa shape index (κ3) is 4.01. The molecule has 0 atom stereocenters. The molecule has 4 rings (SSSR count). The van der Waals surface area contributed by atoms with E-state index in [0.717, 1.165) is 27.7 Å². The van der Waals surface area contributed by atoms with Crippen LogP contribution < -0.4 is 10.6 Å². The van der Waals surface area contributed by atoms with Crippen LogP contribution in [0.15, 0.2) is 66.9 Å². The predicted molar refractivity (Wildman–Crippen MR) is 111 cm³/mol. The van der Waals surface area contributed by atoms with Crippen molar-refractivity contribution in [2.75, 3.05) is 11.9 Å². The number of amides is 2. The van der Waals surface area contributed by atoms with E-state index >= 15 is 0 Å². The number of nitrogens with one attached hydrogen (secondary N) is 3. The van der Waals surface area contributed by atoms with Gasteiger partial charge in [0.15, 0.2) is 5.82 Å². The molecule has 0 spiro atoms. The summed E-state index contributed by atoms with van der Waals surface area (Å²) in [4.78, 5) is 16.4. The van der Waals surface area contributed by atoms with E-state index in [-0.39, 0.29) is 6.03 Å². The van der Waals surface area contributed by atoms with Gasteiger partial charge < -0.3 is 5.32 Å². The van der Waals surface area contributed by atoms with E-state index in [1.807, 2.05) is 36.4 Å². The van der Waals surface area contributed by atoms with Gasteiger partial charge in [-0.25, -0.2) is 4.79 Å². The molecule has 0 aliphatic heterocycles. The Morgan fingerprint density at radius 2 is 1.86 bits per heavy atom. The average Bonchev–Trinajstić information content (AvgIpc) is 3.11. The number of pyridine rings is 1. The van der Waals surface area contributed by atoms with Crippen molar-refractivity contribution in [3.8, 4) is 11.1 Å². The highest BCUT2D eigenvalue weighted by atomic mass is 16.2. The first-order valence-electron chi connectivity index (χ1n) is 9.19. The molecule has 2 heterocycles. The van der Waals surface area contributed by atoms with Crippen LogP contribution in [0.4, 0.5) is 10.6 Å². The summed E-state index contributed by atoms with van der Waals surface area (Å²) in [5.74, 6) is 0.515. The lowest BCUT2D eigenvalue weighted by molar-refractivity contribution is 0.252. The monoisotopic (exact) mass is 371 g/mol. The molecule has 140 valence electrons. The molecule has 2 amide bonds. The normalized spacial score (nSPS) is 10.8. The second kappa shape index (κ2) is 7.92. The average molecular weight is 371 g/mol. The van der Waals surface area contributed by atoms with E-state index in [9.17, 15) is 4.79 Å². The molecule has 2 aromatic carbocycles. The number of hydrogen-bond acceptors (Lipinski definition) is 3. The number of benzene rings is 2. The number of carbonyl (C=O) groups excluding carboxylic acids is 1. The summed E-state index contributed by atoms with van der Waals surface area (Å²) in [5.41, 5.74) is 5.29. The number of hydrogen-bond donors (Lipinski definition) is 3. The van der Waals surface area contributed by atoms with E-state index < -0.39 is 0 Å². The number of H-pyrrole nitrogens is 1. The fourth-order valence-corrected chi connectivity index (χ4v) is 3.04. The summed E-state index contributed by atoms with van der Waals surface area (Å²) < 4.78 is 0. The zero-order chi connectivity index (χ0) is 19.3. The van der Waals surface area contributed by atoms with Crippen LogP contribution in [0.1, 0.15) is 11.3 Å². The van der Waals surface area contributed by atoms with Gasteiger partial charge in [-0.05, 0) is 42.3 Å². The number of aryl methyl sites for hydroxylation is 1. The van der Waals surface area contributed by atoms with Gasteiger partial charge in [-0.3, -0.25) is 15.4 Å². The van der Waals surface area contributed by atoms with Crippen LogP contribution in [0.25, 0.3) is 22.0 Å². The van der Waals surface area contributed by atoms with Gasteiger partial charge in [0.05, 0.1) is 5.52 Å². The zero-order valence-electron chi connectivity index (χ0n) is 15.6. The number of anilines is 1. The summed E-state index contributed by atoms with van der Waals surface area (Å²) in [6.45, 7) is 2.57. The molecule has 0 radical (unpaired) electrons. The van der Waals surface area contributed by atoms with Gasteiger partial charge in [-0.2, -0.15) is 5.10 Å². The quantitative estimate of drug-likeness (QED) is 0.489. The zero-order valence-corrected chi connectivity index (χ0v) is 15.6. The molecule has 28 heavy (non-hydrogen) atoms. The van der Waals surface area contributed by atoms with Crippen molar-refractivity contribution in [3.05, 3.63) is 78.1 Å². The first-order valence-corrected chi connectivity index (χ1v) is 9.19. The molecule has 4 aromatic rings. The summed E-state index contributed by atoms with van der Waals surface area (Å²) in [5, 5.41) is 13.7. The maximum absolute atomic E-state index is 12.2. The van der Waals surface area contributed by atoms with Crippen molar-refractivity contribution in [3.63, 3.8) is 0 Å². The van der Waals surface area contributed by atoms with Crippen molar-refractivity contribution in [2.45, 2.75) is 13.3 Å². The summed E-state index contributed by atoms with van der Waals surface area (Å²) >= 11 is 0. The van der Waals surface area contributed by atoms with Crippen LogP contribution in [0.5, 0.6) is 0 Å². The van der Waals surface area contributed by atoms with Crippen LogP contribution in [-0.2, 0) is 6.42 Å². The lowest BCUT2D eigenvalue weighted by atomic mass is 10.0. The number of rotatable bonds is 5. The van der Waals surface area contributed by atoms with Crippen LogP contribution in [0, 0.1) is 6.92 Å². The summed E-state index contributed by atoms with van der Waals surface area (Å²) in [7, 11) is 0. The Hall–Kier alpha value is -3.67. The molecule has 0 bridgehead atoms. The lowest BCUT2D eigenvalue weighted by Crippen LogP contribution is -2.30. The molecule has 3 N–H and O–H groups in total. The Balaban J connectivity index is 1.41. The molecule has 0 aliphatic carbocycles. The molecule has 0 saturated carbocycles. The largest absolute Gasteiger partial charge is 0.337 e. The minimum Gasteiger partial charge on any atom is -0.337 e. The molecule has 0 saturated heterocycles. The van der Waals surface area contributed by atoms with Crippen molar-refractivity contribution >= 4 is 22.8 Å². The van der Waals surface area contributed by atoms with Gasteiger partial charge in [0.1, 0.15) is 0 Å².